The standard InChI is InChI=1S/C32H25N3OS/c36-31-29(20-27-26-18-10-11-19-28(26)34-30(27)25-16-8-3-9-17-25)37-32(33-21-23-12-4-1-5-13-23)35(31)22-24-14-6-2-7-15-24/h1-20,36H,21-22H2. The number of hydrogen-bond acceptors (Lipinski definition) is 4. The van der Waals surface area contributed by atoms with E-state index in [1.807, 2.05) is 77.4 Å². The van der Waals surface area contributed by atoms with Crippen molar-refractivity contribution < 1.29 is 5.11 Å². The van der Waals surface area contributed by atoms with E-state index < -0.39 is 0 Å². The van der Waals surface area contributed by atoms with Gasteiger partial charge in [0.1, 0.15) is 0 Å². The number of benzene rings is 4. The maximum Gasteiger partial charge on any atom is 0.211 e. The van der Waals surface area contributed by atoms with Crippen molar-refractivity contribution in [1.82, 2.24) is 4.57 Å². The van der Waals surface area contributed by atoms with Crippen LogP contribution in [0.4, 0.5) is 5.69 Å². The van der Waals surface area contributed by atoms with Gasteiger partial charge in [-0.3, -0.25) is 9.56 Å². The number of nitrogens with zero attached hydrogens (tertiary/aromatic N) is 3. The highest BCUT2D eigenvalue weighted by Crippen LogP contribution is 2.39. The zero-order valence-electron chi connectivity index (χ0n) is 20.2. The van der Waals surface area contributed by atoms with Crippen molar-refractivity contribution >= 4 is 34.4 Å². The number of para-hydroxylation sites is 1. The molecule has 4 nitrogen and oxygen atoms in total. The second-order valence-corrected chi connectivity index (χ2v) is 9.86. The van der Waals surface area contributed by atoms with Crippen molar-refractivity contribution in [1.29, 1.82) is 0 Å². The van der Waals surface area contributed by atoms with Crippen molar-refractivity contribution in [3.8, 4) is 5.88 Å². The van der Waals surface area contributed by atoms with Crippen molar-refractivity contribution in [2.24, 2.45) is 9.98 Å². The van der Waals surface area contributed by atoms with E-state index in [2.05, 4.69) is 48.5 Å². The highest BCUT2D eigenvalue weighted by molar-refractivity contribution is 7.10. The van der Waals surface area contributed by atoms with Crippen molar-refractivity contribution in [2.75, 3.05) is 0 Å². The lowest BCUT2D eigenvalue weighted by Crippen LogP contribution is -2.15. The predicted octanol–water partition coefficient (Wildman–Crippen LogP) is 7.08. The lowest BCUT2D eigenvalue weighted by Gasteiger charge is -2.07. The summed E-state index contributed by atoms with van der Waals surface area (Å²) in [6.45, 7) is 1.08. The van der Waals surface area contributed by atoms with Crippen LogP contribution in [0.25, 0.3) is 11.6 Å². The summed E-state index contributed by atoms with van der Waals surface area (Å²) in [5, 5.41) is 11.5. The van der Waals surface area contributed by atoms with E-state index in [-0.39, 0.29) is 5.88 Å². The highest BCUT2D eigenvalue weighted by Gasteiger charge is 2.23. The Kier molecular flexibility index (Phi) is 6.36. The van der Waals surface area contributed by atoms with Crippen LogP contribution in [-0.2, 0) is 13.1 Å². The van der Waals surface area contributed by atoms with Gasteiger partial charge < -0.3 is 5.11 Å². The average molecular weight is 500 g/mol. The minimum Gasteiger partial charge on any atom is -0.493 e. The minimum atomic E-state index is 0.213. The second kappa shape index (κ2) is 10.2. The number of thiazole rings is 1. The summed E-state index contributed by atoms with van der Waals surface area (Å²) in [5.74, 6) is 0.213. The van der Waals surface area contributed by atoms with E-state index in [0.29, 0.717) is 13.1 Å². The number of allylic oxidation sites excluding steroid dienone is 1. The summed E-state index contributed by atoms with van der Waals surface area (Å²) < 4.78 is 1.90. The van der Waals surface area contributed by atoms with Crippen LogP contribution in [0, 0.1) is 0 Å². The summed E-state index contributed by atoms with van der Waals surface area (Å²) in [6.07, 6.45) is 2.06. The van der Waals surface area contributed by atoms with Crippen LogP contribution in [0.5, 0.6) is 5.88 Å². The first kappa shape index (κ1) is 23.0. The number of fused-ring (bicyclic) bond motifs is 1. The number of hydrogen-bond donors (Lipinski definition) is 1. The smallest absolute Gasteiger partial charge is 0.211 e. The molecule has 5 aromatic rings. The largest absolute Gasteiger partial charge is 0.493 e. The van der Waals surface area contributed by atoms with Gasteiger partial charge in [0.25, 0.3) is 0 Å². The molecule has 4 aromatic carbocycles. The molecule has 37 heavy (non-hydrogen) atoms. The molecule has 0 radical (unpaired) electrons. The van der Waals surface area contributed by atoms with Gasteiger partial charge in [0.2, 0.25) is 5.88 Å². The Hall–Kier alpha value is -4.48. The Bertz CT molecular complexity index is 1660. The van der Waals surface area contributed by atoms with Crippen LogP contribution >= 0.6 is 11.3 Å². The van der Waals surface area contributed by atoms with Gasteiger partial charge in [0.05, 0.1) is 29.4 Å². The topological polar surface area (TPSA) is 49.9 Å². The molecule has 0 bridgehead atoms. The molecule has 2 heterocycles. The molecule has 1 aromatic heterocycles. The summed E-state index contributed by atoms with van der Waals surface area (Å²) in [5.41, 5.74) is 7.19. The third kappa shape index (κ3) is 4.82. The molecule has 0 unspecified atom stereocenters. The normalized spacial score (nSPS) is 14.1. The minimum absolute atomic E-state index is 0.213. The SMILES string of the molecule is Oc1c(C=C2C(c3ccccc3)=Nc3ccccc32)sc(=NCc2ccccc2)n1Cc1ccccc1. The molecule has 5 heteroatoms. The van der Waals surface area contributed by atoms with Gasteiger partial charge in [0.15, 0.2) is 4.80 Å². The third-order valence-corrected chi connectivity index (χ3v) is 7.39. The van der Waals surface area contributed by atoms with Crippen molar-refractivity contribution in [3.63, 3.8) is 0 Å². The van der Waals surface area contributed by atoms with Crippen LogP contribution in [0.3, 0.4) is 0 Å². The average Bonchev–Trinajstić information content (AvgIpc) is 3.47. The summed E-state index contributed by atoms with van der Waals surface area (Å²) >= 11 is 1.50. The lowest BCUT2D eigenvalue weighted by atomic mass is 9.97. The number of aromatic nitrogens is 1. The molecule has 1 N–H and O–H groups in total. The van der Waals surface area contributed by atoms with Gasteiger partial charge in [0, 0.05) is 16.7 Å². The zero-order chi connectivity index (χ0) is 25.0. The first-order chi connectivity index (χ1) is 18.3. The Balaban J connectivity index is 1.47. The molecule has 1 aliphatic heterocycles. The number of aromatic hydroxyl groups is 1. The second-order valence-electron chi connectivity index (χ2n) is 8.85. The number of aliphatic imine (C=N–C) groups is 1. The van der Waals surface area contributed by atoms with E-state index in [1.54, 1.807) is 0 Å². The fourth-order valence-electron chi connectivity index (χ4n) is 4.49. The van der Waals surface area contributed by atoms with Crippen molar-refractivity contribution in [2.45, 2.75) is 13.1 Å². The Labute approximate surface area is 219 Å². The van der Waals surface area contributed by atoms with Crippen LogP contribution in [0.1, 0.15) is 27.1 Å². The fourth-order valence-corrected chi connectivity index (χ4v) is 5.45. The Morgan fingerprint density at radius 1 is 0.757 bits per heavy atom. The Morgan fingerprint density at radius 2 is 1.38 bits per heavy atom. The molecule has 0 fully saturated rings. The highest BCUT2D eigenvalue weighted by atomic mass is 32.1. The van der Waals surface area contributed by atoms with Gasteiger partial charge in [-0.2, -0.15) is 0 Å². The van der Waals surface area contributed by atoms with Crippen LogP contribution in [-0.4, -0.2) is 15.4 Å². The van der Waals surface area contributed by atoms with Crippen LogP contribution in [0.2, 0.25) is 0 Å². The van der Waals surface area contributed by atoms with Gasteiger partial charge in [-0.25, -0.2) is 4.99 Å². The van der Waals surface area contributed by atoms with E-state index in [4.69, 9.17) is 9.98 Å². The molecule has 180 valence electrons. The molecule has 0 aliphatic carbocycles. The molecule has 6 rings (SSSR count). The van der Waals surface area contributed by atoms with E-state index in [9.17, 15) is 5.11 Å². The lowest BCUT2D eigenvalue weighted by molar-refractivity contribution is 0.419. The van der Waals surface area contributed by atoms with Crippen LogP contribution in [0.15, 0.2) is 125 Å². The van der Waals surface area contributed by atoms with E-state index >= 15 is 0 Å². The predicted molar refractivity (Wildman–Crippen MR) is 152 cm³/mol. The molecular weight excluding hydrogens is 474 g/mol. The molecule has 0 spiro atoms. The van der Waals surface area contributed by atoms with Crippen LogP contribution < -0.4 is 4.80 Å². The zero-order valence-corrected chi connectivity index (χ0v) is 21.0. The van der Waals surface area contributed by atoms with E-state index in [1.165, 1.54) is 11.3 Å². The fraction of sp³-hybridized carbons (Fsp3) is 0.0625. The Morgan fingerprint density at radius 3 is 2.11 bits per heavy atom. The molecule has 0 atom stereocenters. The molecular formula is C32H25N3OS. The maximum absolute atomic E-state index is 11.5. The first-order valence-corrected chi connectivity index (χ1v) is 13.0. The molecule has 0 amide bonds. The van der Waals surface area contributed by atoms with Gasteiger partial charge in [-0.05, 0) is 23.3 Å². The van der Waals surface area contributed by atoms with Gasteiger partial charge >= 0.3 is 0 Å². The third-order valence-electron chi connectivity index (χ3n) is 6.34. The quantitative estimate of drug-likeness (QED) is 0.267. The van der Waals surface area contributed by atoms with Gasteiger partial charge in [-0.15, -0.1) is 0 Å². The molecule has 0 saturated heterocycles. The summed E-state index contributed by atoms with van der Waals surface area (Å²) in [6, 6.07) is 38.7. The summed E-state index contributed by atoms with van der Waals surface area (Å²) in [4.78, 5) is 11.4. The monoisotopic (exact) mass is 499 g/mol. The summed E-state index contributed by atoms with van der Waals surface area (Å²) in [7, 11) is 0. The van der Waals surface area contributed by atoms with Crippen molar-refractivity contribution in [3.05, 3.63) is 147 Å². The molecule has 0 saturated carbocycles. The number of rotatable bonds is 6. The first-order valence-electron chi connectivity index (χ1n) is 12.2. The molecule has 1 aliphatic rings. The maximum atomic E-state index is 11.5. The van der Waals surface area contributed by atoms with Gasteiger partial charge in [-0.1, -0.05) is 121 Å². The van der Waals surface area contributed by atoms with E-state index in [0.717, 1.165) is 48.9 Å².